The predicted octanol–water partition coefficient (Wildman–Crippen LogP) is 3.36. The fraction of sp³-hybridized carbons (Fsp3) is 0.250. The third-order valence-corrected chi connectivity index (χ3v) is 3.12. The van der Waals surface area contributed by atoms with Crippen LogP contribution >= 0.6 is 0 Å². The third-order valence-electron chi connectivity index (χ3n) is 3.12. The molecule has 2 aromatic rings. The van der Waals surface area contributed by atoms with E-state index in [-0.39, 0.29) is 5.56 Å². The number of hydrogen-bond donors (Lipinski definition) is 1. The summed E-state index contributed by atoms with van der Waals surface area (Å²) < 4.78 is 37.2. The maximum absolute atomic E-state index is 13.5. The van der Waals surface area contributed by atoms with Crippen LogP contribution in [0.1, 0.15) is 28.8 Å². The summed E-state index contributed by atoms with van der Waals surface area (Å²) in [6.45, 7) is 4.55. The lowest BCUT2D eigenvalue weighted by molar-refractivity contribution is -0.123. The van der Waals surface area contributed by atoms with Crippen LogP contribution in [0.5, 0.6) is 0 Å². The highest BCUT2D eigenvalue weighted by molar-refractivity contribution is 5.97. The summed E-state index contributed by atoms with van der Waals surface area (Å²) in [6.07, 6.45) is -1.24. The SMILES string of the molecule is Cc1cc(C(=O)OC(C)C(=O)Nc2c(F)cccc2F)c(C)o1. The van der Waals surface area contributed by atoms with Gasteiger partial charge in [0.25, 0.3) is 5.91 Å². The second kappa shape index (κ2) is 6.60. The molecule has 0 aliphatic carbocycles. The number of para-hydroxylation sites is 1. The molecule has 2 rings (SSSR count). The van der Waals surface area contributed by atoms with Gasteiger partial charge in [-0.1, -0.05) is 6.07 Å². The zero-order valence-corrected chi connectivity index (χ0v) is 12.8. The Hall–Kier alpha value is -2.70. The number of ether oxygens (including phenoxy) is 1. The fourth-order valence-electron chi connectivity index (χ4n) is 1.95. The number of rotatable bonds is 4. The molecule has 0 fully saturated rings. The van der Waals surface area contributed by atoms with Gasteiger partial charge in [0, 0.05) is 0 Å². The summed E-state index contributed by atoms with van der Waals surface area (Å²) >= 11 is 0. The van der Waals surface area contributed by atoms with Crippen LogP contribution in [-0.2, 0) is 9.53 Å². The second-order valence-electron chi connectivity index (χ2n) is 4.96. The summed E-state index contributed by atoms with van der Waals surface area (Å²) in [5, 5.41) is 2.07. The first-order valence-electron chi connectivity index (χ1n) is 6.82. The normalized spacial score (nSPS) is 11.9. The van der Waals surface area contributed by atoms with Gasteiger partial charge in [0.1, 0.15) is 34.4 Å². The first kappa shape index (κ1) is 16.7. The molecule has 0 saturated heterocycles. The Bertz CT molecular complexity index is 734. The number of halogens is 2. The largest absolute Gasteiger partial charge is 0.466 e. The zero-order chi connectivity index (χ0) is 17.1. The minimum Gasteiger partial charge on any atom is -0.466 e. The summed E-state index contributed by atoms with van der Waals surface area (Å²) in [5.41, 5.74) is -0.394. The molecular weight excluding hydrogens is 308 g/mol. The average Bonchev–Trinajstić information content (AvgIpc) is 2.81. The van der Waals surface area contributed by atoms with E-state index in [1.165, 1.54) is 19.1 Å². The number of hydrogen-bond acceptors (Lipinski definition) is 4. The van der Waals surface area contributed by atoms with Crippen molar-refractivity contribution in [1.82, 2.24) is 0 Å². The molecule has 0 aliphatic rings. The third kappa shape index (κ3) is 3.74. The number of amides is 1. The van der Waals surface area contributed by atoms with E-state index >= 15 is 0 Å². The molecule has 7 heteroatoms. The van der Waals surface area contributed by atoms with Crippen molar-refractivity contribution in [2.45, 2.75) is 26.9 Å². The summed E-state index contributed by atoms with van der Waals surface area (Å²) in [5.74, 6) is -2.55. The van der Waals surface area contributed by atoms with Crippen molar-refractivity contribution in [3.8, 4) is 0 Å². The van der Waals surface area contributed by atoms with Gasteiger partial charge in [-0.2, -0.15) is 0 Å². The van der Waals surface area contributed by atoms with Crippen molar-refractivity contribution in [2.24, 2.45) is 0 Å². The molecular formula is C16H15F2NO4. The van der Waals surface area contributed by atoms with Crippen LogP contribution < -0.4 is 5.32 Å². The van der Waals surface area contributed by atoms with E-state index in [9.17, 15) is 18.4 Å². The van der Waals surface area contributed by atoms with Gasteiger partial charge in [-0.05, 0) is 39.0 Å². The molecule has 1 amide bonds. The first-order chi connectivity index (χ1) is 10.8. The molecule has 0 saturated carbocycles. The van der Waals surface area contributed by atoms with E-state index in [1.54, 1.807) is 13.8 Å². The Morgan fingerprint density at radius 3 is 2.35 bits per heavy atom. The van der Waals surface area contributed by atoms with Crippen molar-refractivity contribution in [3.63, 3.8) is 0 Å². The lowest BCUT2D eigenvalue weighted by Gasteiger charge is -2.14. The second-order valence-corrected chi connectivity index (χ2v) is 4.96. The molecule has 1 aromatic carbocycles. The Morgan fingerprint density at radius 2 is 1.83 bits per heavy atom. The lowest BCUT2D eigenvalue weighted by Crippen LogP contribution is -2.30. The number of furan rings is 1. The molecule has 1 heterocycles. The molecule has 5 nitrogen and oxygen atoms in total. The van der Waals surface area contributed by atoms with Crippen LogP contribution in [0.25, 0.3) is 0 Å². The summed E-state index contributed by atoms with van der Waals surface area (Å²) in [4.78, 5) is 23.9. The fourth-order valence-corrected chi connectivity index (χ4v) is 1.95. The van der Waals surface area contributed by atoms with E-state index in [0.717, 1.165) is 12.1 Å². The molecule has 1 N–H and O–H groups in total. The minimum atomic E-state index is -1.24. The van der Waals surface area contributed by atoms with Gasteiger partial charge in [-0.25, -0.2) is 13.6 Å². The van der Waals surface area contributed by atoms with Gasteiger partial charge >= 0.3 is 5.97 Å². The predicted molar refractivity (Wildman–Crippen MR) is 78.0 cm³/mol. The number of carbonyl (C=O) groups is 2. The number of esters is 1. The quantitative estimate of drug-likeness (QED) is 0.876. The topological polar surface area (TPSA) is 68.5 Å². The molecule has 122 valence electrons. The van der Waals surface area contributed by atoms with Crippen LogP contribution in [0.2, 0.25) is 0 Å². The Kier molecular flexibility index (Phi) is 4.78. The average molecular weight is 323 g/mol. The van der Waals surface area contributed by atoms with Gasteiger partial charge in [0.05, 0.1) is 0 Å². The van der Waals surface area contributed by atoms with Crippen molar-refractivity contribution in [2.75, 3.05) is 5.32 Å². The first-order valence-corrected chi connectivity index (χ1v) is 6.82. The van der Waals surface area contributed by atoms with E-state index in [2.05, 4.69) is 5.32 Å². The number of nitrogens with one attached hydrogen (secondary N) is 1. The molecule has 23 heavy (non-hydrogen) atoms. The smallest absolute Gasteiger partial charge is 0.342 e. The number of anilines is 1. The number of benzene rings is 1. The minimum absolute atomic E-state index is 0.194. The highest BCUT2D eigenvalue weighted by Crippen LogP contribution is 2.19. The zero-order valence-electron chi connectivity index (χ0n) is 12.8. The number of aryl methyl sites for hydroxylation is 2. The van der Waals surface area contributed by atoms with Gasteiger partial charge in [0.2, 0.25) is 0 Å². The van der Waals surface area contributed by atoms with Crippen molar-refractivity contribution >= 4 is 17.6 Å². The highest BCUT2D eigenvalue weighted by Gasteiger charge is 2.23. The van der Waals surface area contributed by atoms with Crippen LogP contribution in [0.4, 0.5) is 14.5 Å². The molecule has 1 unspecified atom stereocenters. The standard InChI is InChI=1S/C16H15F2NO4/c1-8-7-11(9(2)22-8)16(21)23-10(3)15(20)19-14-12(17)5-4-6-13(14)18/h4-7,10H,1-3H3,(H,19,20). The van der Waals surface area contributed by atoms with Gasteiger partial charge in [0.15, 0.2) is 6.10 Å². The Balaban J connectivity index is 2.06. The molecule has 1 atom stereocenters. The van der Waals surface area contributed by atoms with Gasteiger partial charge in [-0.15, -0.1) is 0 Å². The molecule has 0 radical (unpaired) electrons. The maximum Gasteiger partial charge on any atom is 0.342 e. The van der Waals surface area contributed by atoms with Gasteiger partial charge in [-0.3, -0.25) is 4.79 Å². The van der Waals surface area contributed by atoms with Crippen molar-refractivity contribution in [3.05, 3.63) is 53.0 Å². The van der Waals surface area contributed by atoms with E-state index < -0.39 is 35.3 Å². The molecule has 0 aliphatic heterocycles. The summed E-state index contributed by atoms with van der Waals surface area (Å²) in [7, 11) is 0. The molecule has 1 aromatic heterocycles. The maximum atomic E-state index is 13.5. The highest BCUT2D eigenvalue weighted by atomic mass is 19.1. The van der Waals surface area contributed by atoms with Gasteiger partial charge < -0.3 is 14.5 Å². The Morgan fingerprint density at radius 1 is 1.22 bits per heavy atom. The van der Waals surface area contributed by atoms with E-state index in [0.29, 0.717) is 11.5 Å². The van der Waals surface area contributed by atoms with Crippen LogP contribution in [0.15, 0.2) is 28.7 Å². The van der Waals surface area contributed by atoms with Crippen LogP contribution in [0.3, 0.4) is 0 Å². The van der Waals surface area contributed by atoms with Crippen molar-refractivity contribution in [1.29, 1.82) is 0 Å². The molecule has 0 bridgehead atoms. The summed E-state index contributed by atoms with van der Waals surface area (Å²) in [6, 6.07) is 4.67. The van der Waals surface area contributed by atoms with Crippen LogP contribution in [0, 0.1) is 25.5 Å². The van der Waals surface area contributed by atoms with Crippen LogP contribution in [-0.4, -0.2) is 18.0 Å². The Labute approximate surface area is 131 Å². The lowest BCUT2D eigenvalue weighted by atomic mass is 10.2. The molecule has 0 spiro atoms. The van der Waals surface area contributed by atoms with E-state index in [1.807, 2.05) is 0 Å². The number of carbonyl (C=O) groups excluding carboxylic acids is 2. The van der Waals surface area contributed by atoms with Crippen molar-refractivity contribution < 1.29 is 27.5 Å². The monoisotopic (exact) mass is 323 g/mol. The van der Waals surface area contributed by atoms with E-state index in [4.69, 9.17) is 9.15 Å².